The summed E-state index contributed by atoms with van der Waals surface area (Å²) in [6.07, 6.45) is 1.82. The van der Waals surface area contributed by atoms with Gasteiger partial charge < -0.3 is 9.73 Å². The van der Waals surface area contributed by atoms with E-state index in [4.69, 9.17) is 4.42 Å². The molecule has 1 fully saturated rings. The molecule has 7 heteroatoms. The lowest BCUT2D eigenvalue weighted by atomic mass is 10.0. The Balaban J connectivity index is 1.32. The van der Waals surface area contributed by atoms with Crippen molar-refractivity contribution < 1.29 is 9.21 Å². The third kappa shape index (κ3) is 4.09. The third-order valence-electron chi connectivity index (χ3n) is 4.98. The van der Waals surface area contributed by atoms with Gasteiger partial charge in [-0.25, -0.2) is 0 Å². The van der Waals surface area contributed by atoms with Crippen LogP contribution >= 0.6 is 11.3 Å². The number of thiophene rings is 1. The van der Waals surface area contributed by atoms with E-state index in [0.717, 1.165) is 30.8 Å². The van der Waals surface area contributed by atoms with E-state index in [1.165, 1.54) is 0 Å². The van der Waals surface area contributed by atoms with Gasteiger partial charge in [-0.05, 0) is 43.3 Å². The minimum atomic E-state index is -0.000380. The van der Waals surface area contributed by atoms with Crippen molar-refractivity contribution >= 4 is 17.2 Å². The van der Waals surface area contributed by atoms with Crippen LogP contribution in [-0.2, 0) is 0 Å². The van der Waals surface area contributed by atoms with Crippen molar-refractivity contribution in [2.75, 3.05) is 13.1 Å². The first kappa shape index (κ1) is 17.9. The van der Waals surface area contributed by atoms with Crippen LogP contribution in [0.4, 0.5) is 0 Å². The van der Waals surface area contributed by atoms with E-state index in [2.05, 4.69) is 27.3 Å². The van der Waals surface area contributed by atoms with Gasteiger partial charge in [0.05, 0.1) is 10.9 Å². The quantitative estimate of drug-likeness (QED) is 0.728. The molecule has 1 aliphatic rings. The fraction of sp³-hybridized carbons (Fsp3) is 0.350. The maximum absolute atomic E-state index is 12.3. The molecular weight excluding hydrogens is 360 g/mol. The van der Waals surface area contributed by atoms with Crippen molar-refractivity contribution in [3.05, 3.63) is 59.3 Å². The van der Waals surface area contributed by atoms with Crippen LogP contribution in [0.1, 0.15) is 42.1 Å². The Morgan fingerprint density at radius 2 is 1.96 bits per heavy atom. The van der Waals surface area contributed by atoms with Crippen LogP contribution in [0.2, 0.25) is 0 Å². The van der Waals surface area contributed by atoms with Crippen molar-refractivity contribution in [3.63, 3.8) is 0 Å². The Labute approximate surface area is 162 Å². The molecule has 140 valence electrons. The topological polar surface area (TPSA) is 71.3 Å². The number of benzene rings is 1. The summed E-state index contributed by atoms with van der Waals surface area (Å²) in [6.45, 7) is 3.86. The van der Waals surface area contributed by atoms with Crippen LogP contribution in [0, 0.1) is 0 Å². The van der Waals surface area contributed by atoms with E-state index < -0.39 is 0 Å². The van der Waals surface area contributed by atoms with Crippen molar-refractivity contribution in [3.8, 4) is 10.8 Å². The highest BCUT2D eigenvalue weighted by molar-refractivity contribution is 7.13. The molecule has 1 atom stereocenters. The zero-order valence-corrected chi connectivity index (χ0v) is 16.0. The highest BCUT2D eigenvalue weighted by Gasteiger charge is 2.27. The number of carbonyl (C=O) groups is 1. The number of hydrogen-bond acceptors (Lipinski definition) is 6. The standard InChI is InChI=1S/C20H22N4O2S/c1-14(19-22-23-20(26-19)17-8-5-13-27-17)24-11-9-16(10-12-24)21-18(25)15-6-3-2-4-7-15/h2-8,13-14,16H,9-12H2,1H3,(H,21,25)/t14-/m0/s1. The van der Waals surface area contributed by atoms with E-state index in [0.29, 0.717) is 17.3 Å². The second-order valence-electron chi connectivity index (χ2n) is 6.75. The Hall–Kier alpha value is -2.51. The zero-order chi connectivity index (χ0) is 18.6. The molecule has 27 heavy (non-hydrogen) atoms. The molecule has 0 spiro atoms. The van der Waals surface area contributed by atoms with Crippen LogP contribution < -0.4 is 5.32 Å². The van der Waals surface area contributed by atoms with Gasteiger partial charge in [0.15, 0.2) is 0 Å². The second kappa shape index (κ2) is 8.02. The minimum Gasteiger partial charge on any atom is -0.418 e. The molecule has 0 aliphatic carbocycles. The first-order valence-corrected chi connectivity index (χ1v) is 10.1. The molecule has 4 rings (SSSR count). The van der Waals surface area contributed by atoms with Gasteiger partial charge in [0, 0.05) is 24.7 Å². The number of nitrogens with zero attached hydrogens (tertiary/aromatic N) is 3. The number of likely N-dealkylation sites (tertiary alicyclic amines) is 1. The number of carbonyl (C=O) groups excluding carboxylic acids is 1. The molecule has 1 amide bonds. The number of nitrogens with one attached hydrogen (secondary N) is 1. The van der Waals surface area contributed by atoms with Gasteiger partial charge in [-0.2, -0.15) is 0 Å². The average molecular weight is 382 g/mol. The largest absolute Gasteiger partial charge is 0.418 e. The zero-order valence-electron chi connectivity index (χ0n) is 15.2. The molecule has 1 saturated heterocycles. The van der Waals surface area contributed by atoms with Crippen molar-refractivity contribution in [2.24, 2.45) is 0 Å². The summed E-state index contributed by atoms with van der Waals surface area (Å²) < 4.78 is 5.87. The van der Waals surface area contributed by atoms with Gasteiger partial charge in [0.25, 0.3) is 11.8 Å². The molecule has 0 bridgehead atoms. The highest BCUT2D eigenvalue weighted by atomic mass is 32.1. The lowest BCUT2D eigenvalue weighted by Crippen LogP contribution is -2.45. The molecule has 1 aliphatic heterocycles. The first-order chi connectivity index (χ1) is 13.2. The van der Waals surface area contributed by atoms with Gasteiger partial charge in [-0.1, -0.05) is 24.3 Å². The van der Waals surface area contributed by atoms with E-state index in [1.54, 1.807) is 11.3 Å². The number of hydrogen-bond donors (Lipinski definition) is 1. The van der Waals surface area contributed by atoms with E-state index >= 15 is 0 Å². The van der Waals surface area contributed by atoms with E-state index in [9.17, 15) is 4.79 Å². The van der Waals surface area contributed by atoms with Crippen molar-refractivity contribution in [1.29, 1.82) is 0 Å². The average Bonchev–Trinajstić information content (AvgIpc) is 3.40. The second-order valence-corrected chi connectivity index (χ2v) is 7.70. The van der Waals surface area contributed by atoms with Crippen LogP contribution in [-0.4, -0.2) is 40.1 Å². The summed E-state index contributed by atoms with van der Waals surface area (Å²) in [7, 11) is 0. The fourth-order valence-electron chi connectivity index (χ4n) is 3.35. The van der Waals surface area contributed by atoms with Gasteiger partial charge in [-0.3, -0.25) is 9.69 Å². The van der Waals surface area contributed by atoms with Crippen molar-refractivity contribution in [1.82, 2.24) is 20.4 Å². The van der Waals surface area contributed by atoms with E-state index in [-0.39, 0.29) is 18.0 Å². The Morgan fingerprint density at radius 1 is 1.19 bits per heavy atom. The van der Waals surface area contributed by atoms with Gasteiger partial charge in [0.1, 0.15) is 0 Å². The Morgan fingerprint density at radius 3 is 2.67 bits per heavy atom. The van der Waals surface area contributed by atoms with Crippen LogP contribution in [0.3, 0.4) is 0 Å². The smallest absolute Gasteiger partial charge is 0.257 e. The lowest BCUT2D eigenvalue weighted by Gasteiger charge is -2.34. The van der Waals surface area contributed by atoms with Gasteiger partial charge in [-0.15, -0.1) is 21.5 Å². The molecule has 0 saturated carbocycles. The molecule has 2 aromatic heterocycles. The summed E-state index contributed by atoms with van der Waals surface area (Å²) in [4.78, 5) is 15.6. The van der Waals surface area contributed by atoms with Gasteiger partial charge >= 0.3 is 0 Å². The highest BCUT2D eigenvalue weighted by Crippen LogP contribution is 2.28. The molecule has 3 heterocycles. The summed E-state index contributed by atoms with van der Waals surface area (Å²) in [5, 5.41) is 13.5. The van der Waals surface area contributed by atoms with Crippen LogP contribution in [0.25, 0.3) is 10.8 Å². The van der Waals surface area contributed by atoms with Crippen molar-refractivity contribution in [2.45, 2.75) is 31.8 Å². The minimum absolute atomic E-state index is 0.000380. The molecule has 1 aromatic carbocycles. The summed E-state index contributed by atoms with van der Waals surface area (Å²) >= 11 is 1.59. The van der Waals surface area contributed by atoms with Crippen LogP contribution in [0.5, 0.6) is 0 Å². The van der Waals surface area contributed by atoms with E-state index in [1.807, 2.05) is 47.8 Å². The third-order valence-corrected chi connectivity index (χ3v) is 5.84. The van der Waals surface area contributed by atoms with Crippen LogP contribution in [0.15, 0.2) is 52.3 Å². The molecule has 3 aromatic rings. The SMILES string of the molecule is C[C@@H](c1nnc(-c2cccs2)o1)N1CCC(NC(=O)c2ccccc2)CC1. The maximum Gasteiger partial charge on any atom is 0.257 e. The van der Waals surface area contributed by atoms with Gasteiger partial charge in [0.2, 0.25) is 5.89 Å². The number of amides is 1. The maximum atomic E-state index is 12.3. The first-order valence-electron chi connectivity index (χ1n) is 9.18. The number of piperidine rings is 1. The molecule has 0 unspecified atom stereocenters. The predicted molar refractivity (Wildman–Crippen MR) is 105 cm³/mol. The summed E-state index contributed by atoms with van der Waals surface area (Å²) in [6, 6.07) is 13.6. The molecule has 1 N–H and O–H groups in total. The Bertz CT molecular complexity index is 871. The Kier molecular flexibility index (Phi) is 5.31. The predicted octanol–water partition coefficient (Wildman–Crippen LogP) is 3.75. The molecular formula is C20H22N4O2S. The molecule has 6 nitrogen and oxygen atoms in total. The summed E-state index contributed by atoms with van der Waals surface area (Å²) in [5.74, 6) is 1.22. The fourth-order valence-corrected chi connectivity index (χ4v) is 3.99. The lowest BCUT2D eigenvalue weighted by molar-refractivity contribution is 0.0885. The number of rotatable bonds is 5. The summed E-state index contributed by atoms with van der Waals surface area (Å²) in [5.41, 5.74) is 0.709. The normalized spacial score (nSPS) is 16.9. The molecule has 0 radical (unpaired) electrons. The monoisotopic (exact) mass is 382 g/mol. The number of aromatic nitrogens is 2.